The third kappa shape index (κ3) is 3.19. The normalized spacial score (nSPS) is 11.9. The first-order valence-corrected chi connectivity index (χ1v) is 4.34. The van der Waals surface area contributed by atoms with Crippen LogP contribution in [0, 0.1) is 0 Å². The van der Waals surface area contributed by atoms with E-state index < -0.39 is 13.0 Å². The van der Waals surface area contributed by atoms with Crippen LogP contribution in [0.5, 0.6) is 5.75 Å². The quantitative estimate of drug-likeness (QED) is 0.476. The van der Waals surface area contributed by atoms with Gasteiger partial charge in [0.2, 0.25) is 0 Å². The van der Waals surface area contributed by atoms with Gasteiger partial charge in [0, 0.05) is 5.56 Å². The summed E-state index contributed by atoms with van der Waals surface area (Å²) < 4.78 is 28.7. The van der Waals surface area contributed by atoms with E-state index in [2.05, 4.69) is 5.16 Å². The van der Waals surface area contributed by atoms with Crippen LogP contribution >= 0.6 is 0 Å². The lowest BCUT2D eigenvalue weighted by molar-refractivity contribution is 0.0818. The summed E-state index contributed by atoms with van der Waals surface area (Å²) in [6.45, 7) is 0.889. The van der Waals surface area contributed by atoms with Gasteiger partial charge in [-0.2, -0.15) is 0 Å². The van der Waals surface area contributed by atoms with E-state index in [1.54, 1.807) is 31.2 Å². The second-order valence-corrected chi connectivity index (χ2v) is 2.88. The van der Waals surface area contributed by atoms with Crippen molar-refractivity contribution < 1.29 is 18.7 Å². The van der Waals surface area contributed by atoms with E-state index in [1.807, 2.05) is 0 Å². The number of para-hydroxylation sites is 1. The Labute approximate surface area is 86.0 Å². The molecule has 0 aliphatic rings. The van der Waals surface area contributed by atoms with E-state index in [0.29, 0.717) is 11.3 Å². The first-order chi connectivity index (χ1) is 7.15. The molecule has 0 saturated heterocycles. The number of nitrogens with zero attached hydrogens (tertiary/aromatic N) is 1. The Morgan fingerprint density at radius 3 is 2.73 bits per heavy atom. The molecule has 0 aliphatic heterocycles. The molecule has 0 radical (unpaired) electrons. The zero-order valence-corrected chi connectivity index (χ0v) is 8.15. The summed E-state index contributed by atoms with van der Waals surface area (Å²) in [5.41, 5.74) is 0.820. The van der Waals surface area contributed by atoms with Crippen molar-refractivity contribution in [2.75, 3.05) is 6.61 Å². The Hall–Kier alpha value is -1.65. The molecule has 0 atom stereocenters. The maximum Gasteiger partial charge on any atom is 0.272 e. The van der Waals surface area contributed by atoms with Crippen LogP contribution < -0.4 is 4.74 Å². The van der Waals surface area contributed by atoms with Crippen molar-refractivity contribution in [2.24, 2.45) is 5.16 Å². The van der Waals surface area contributed by atoms with Gasteiger partial charge in [0.25, 0.3) is 6.43 Å². The fourth-order valence-electron chi connectivity index (χ4n) is 1.10. The molecule has 3 nitrogen and oxygen atoms in total. The predicted molar refractivity (Wildman–Crippen MR) is 51.9 cm³/mol. The van der Waals surface area contributed by atoms with Crippen LogP contribution in [0.15, 0.2) is 29.4 Å². The second kappa shape index (κ2) is 5.29. The molecule has 0 heterocycles. The molecule has 0 fully saturated rings. The first-order valence-electron chi connectivity index (χ1n) is 4.34. The summed E-state index contributed by atoms with van der Waals surface area (Å²) >= 11 is 0. The zero-order chi connectivity index (χ0) is 11.3. The third-order valence-corrected chi connectivity index (χ3v) is 1.79. The fourth-order valence-corrected chi connectivity index (χ4v) is 1.10. The van der Waals surface area contributed by atoms with E-state index in [-0.39, 0.29) is 5.75 Å². The number of ether oxygens (including phenoxy) is 1. The maximum absolute atomic E-state index is 11.9. The molecule has 0 aliphatic carbocycles. The van der Waals surface area contributed by atoms with Gasteiger partial charge in [-0.3, -0.25) is 0 Å². The Bertz CT molecular complexity index is 353. The molecule has 0 amide bonds. The topological polar surface area (TPSA) is 41.8 Å². The van der Waals surface area contributed by atoms with Gasteiger partial charge in [-0.05, 0) is 19.1 Å². The highest BCUT2D eigenvalue weighted by molar-refractivity contribution is 6.00. The molecule has 0 aromatic heterocycles. The average Bonchev–Trinajstić information content (AvgIpc) is 2.25. The van der Waals surface area contributed by atoms with Gasteiger partial charge in [-0.1, -0.05) is 17.3 Å². The lowest BCUT2D eigenvalue weighted by Crippen LogP contribution is -2.09. The maximum atomic E-state index is 11.9. The Balaban J connectivity index is 2.87. The minimum atomic E-state index is -2.52. The van der Waals surface area contributed by atoms with Gasteiger partial charge in [0.05, 0.1) is 5.71 Å². The van der Waals surface area contributed by atoms with Gasteiger partial charge in [0.15, 0.2) is 0 Å². The van der Waals surface area contributed by atoms with Gasteiger partial charge in [-0.15, -0.1) is 0 Å². The SMILES string of the molecule is C/C(=N/O)c1ccccc1OCC(F)F. The highest BCUT2D eigenvalue weighted by atomic mass is 19.3. The molecular weight excluding hydrogens is 204 g/mol. The summed E-state index contributed by atoms with van der Waals surface area (Å²) in [5, 5.41) is 11.6. The van der Waals surface area contributed by atoms with Crippen LogP contribution in [-0.4, -0.2) is 24.0 Å². The summed E-state index contributed by atoms with van der Waals surface area (Å²) in [4.78, 5) is 0. The molecule has 0 unspecified atom stereocenters. The smallest absolute Gasteiger partial charge is 0.272 e. The highest BCUT2D eigenvalue weighted by Crippen LogP contribution is 2.19. The number of benzene rings is 1. The van der Waals surface area contributed by atoms with Crippen molar-refractivity contribution in [3.8, 4) is 5.75 Å². The lowest BCUT2D eigenvalue weighted by atomic mass is 10.1. The van der Waals surface area contributed by atoms with Crippen molar-refractivity contribution in [1.82, 2.24) is 0 Å². The number of alkyl halides is 2. The van der Waals surface area contributed by atoms with Crippen molar-refractivity contribution in [2.45, 2.75) is 13.3 Å². The van der Waals surface area contributed by atoms with Crippen molar-refractivity contribution in [3.05, 3.63) is 29.8 Å². The average molecular weight is 215 g/mol. The van der Waals surface area contributed by atoms with Crippen LogP contribution in [0.25, 0.3) is 0 Å². The fraction of sp³-hybridized carbons (Fsp3) is 0.300. The summed E-state index contributed by atoms with van der Waals surface area (Å²) in [7, 11) is 0. The molecule has 0 bridgehead atoms. The molecule has 0 spiro atoms. The Morgan fingerprint density at radius 1 is 1.47 bits per heavy atom. The number of rotatable bonds is 4. The van der Waals surface area contributed by atoms with Crippen molar-refractivity contribution in [1.29, 1.82) is 0 Å². The van der Waals surface area contributed by atoms with Crippen LogP contribution in [0.4, 0.5) is 8.78 Å². The minimum absolute atomic E-state index is 0.285. The van der Waals surface area contributed by atoms with E-state index in [1.165, 1.54) is 0 Å². The van der Waals surface area contributed by atoms with E-state index >= 15 is 0 Å². The van der Waals surface area contributed by atoms with Crippen molar-refractivity contribution in [3.63, 3.8) is 0 Å². The minimum Gasteiger partial charge on any atom is -0.487 e. The van der Waals surface area contributed by atoms with Crippen LogP contribution in [0.3, 0.4) is 0 Å². The van der Waals surface area contributed by atoms with Gasteiger partial charge in [-0.25, -0.2) is 8.78 Å². The third-order valence-electron chi connectivity index (χ3n) is 1.79. The number of hydrogen-bond donors (Lipinski definition) is 1. The monoisotopic (exact) mass is 215 g/mol. The van der Waals surface area contributed by atoms with Gasteiger partial charge < -0.3 is 9.94 Å². The molecule has 82 valence electrons. The molecule has 5 heteroatoms. The Kier molecular flexibility index (Phi) is 4.03. The molecular formula is C10H11F2NO2. The summed E-state index contributed by atoms with van der Waals surface area (Å²) in [5.74, 6) is 0.285. The summed E-state index contributed by atoms with van der Waals surface area (Å²) in [6.07, 6.45) is -2.52. The summed E-state index contributed by atoms with van der Waals surface area (Å²) in [6, 6.07) is 6.55. The molecule has 15 heavy (non-hydrogen) atoms. The van der Waals surface area contributed by atoms with E-state index in [9.17, 15) is 8.78 Å². The largest absolute Gasteiger partial charge is 0.487 e. The molecule has 1 aromatic carbocycles. The number of oxime groups is 1. The molecule has 1 N–H and O–H groups in total. The van der Waals surface area contributed by atoms with E-state index in [0.717, 1.165) is 0 Å². The van der Waals surface area contributed by atoms with Crippen LogP contribution in [-0.2, 0) is 0 Å². The molecule has 0 saturated carbocycles. The van der Waals surface area contributed by atoms with E-state index in [4.69, 9.17) is 9.94 Å². The predicted octanol–water partition coefficient (Wildman–Crippen LogP) is 2.53. The highest BCUT2D eigenvalue weighted by Gasteiger charge is 2.09. The molecule has 1 rings (SSSR count). The van der Waals surface area contributed by atoms with Crippen molar-refractivity contribution >= 4 is 5.71 Å². The Morgan fingerprint density at radius 2 is 2.13 bits per heavy atom. The van der Waals surface area contributed by atoms with Gasteiger partial charge >= 0.3 is 0 Å². The number of halogens is 2. The van der Waals surface area contributed by atoms with Crippen LogP contribution in [0.2, 0.25) is 0 Å². The second-order valence-electron chi connectivity index (χ2n) is 2.88. The van der Waals surface area contributed by atoms with Gasteiger partial charge in [0.1, 0.15) is 12.4 Å². The van der Waals surface area contributed by atoms with Crippen LogP contribution in [0.1, 0.15) is 12.5 Å². The first kappa shape index (κ1) is 11.4. The zero-order valence-electron chi connectivity index (χ0n) is 8.15. The number of hydrogen-bond acceptors (Lipinski definition) is 3. The lowest BCUT2D eigenvalue weighted by Gasteiger charge is -2.09. The molecule has 1 aromatic rings. The standard InChI is InChI=1S/C10H11F2NO2/c1-7(13-14)8-4-2-3-5-9(8)15-6-10(11)12/h2-5,10,14H,6H2,1H3/b13-7-.